The van der Waals surface area contributed by atoms with E-state index in [0.29, 0.717) is 23.0 Å². The fourth-order valence-corrected chi connectivity index (χ4v) is 3.50. The first-order valence-electron chi connectivity index (χ1n) is 8.12. The molecule has 0 aliphatic carbocycles. The van der Waals surface area contributed by atoms with Gasteiger partial charge in [0.15, 0.2) is 0 Å². The molecule has 3 rings (SSSR count). The molecule has 1 aromatic heterocycles. The molecule has 2 N–H and O–H groups in total. The summed E-state index contributed by atoms with van der Waals surface area (Å²) in [4.78, 5) is 14.1. The number of benzene rings is 2. The molecule has 0 spiro atoms. The predicted octanol–water partition coefficient (Wildman–Crippen LogP) is 4.88. The summed E-state index contributed by atoms with van der Waals surface area (Å²) < 4.78 is 5.15. The van der Waals surface area contributed by atoms with E-state index in [2.05, 4.69) is 10.6 Å². The summed E-state index contributed by atoms with van der Waals surface area (Å²) in [6, 6.07) is 18.4. The van der Waals surface area contributed by atoms with Gasteiger partial charge in [-0.2, -0.15) is 0 Å². The van der Waals surface area contributed by atoms with Gasteiger partial charge in [-0.15, -0.1) is 11.3 Å². The Morgan fingerprint density at radius 1 is 1.15 bits per heavy atom. The summed E-state index contributed by atoms with van der Waals surface area (Å²) in [6.07, 6.45) is 0. The van der Waals surface area contributed by atoms with E-state index in [-0.39, 0.29) is 5.91 Å². The van der Waals surface area contributed by atoms with Gasteiger partial charge in [-0.3, -0.25) is 10.1 Å². The van der Waals surface area contributed by atoms with Crippen LogP contribution in [0.1, 0.15) is 16.5 Å². The summed E-state index contributed by atoms with van der Waals surface area (Å²) in [7, 11) is 1.55. The number of nitrogens with one attached hydrogen (secondary N) is 2. The highest BCUT2D eigenvalue weighted by atomic mass is 35.5. The third-order valence-electron chi connectivity index (χ3n) is 3.87. The number of amides is 1. The predicted molar refractivity (Wildman–Crippen MR) is 107 cm³/mol. The molecule has 0 radical (unpaired) electrons. The Bertz CT molecular complexity index is 854. The zero-order valence-corrected chi connectivity index (χ0v) is 15.8. The summed E-state index contributed by atoms with van der Waals surface area (Å²) >= 11 is 7.80. The highest BCUT2D eigenvalue weighted by Crippen LogP contribution is 2.28. The van der Waals surface area contributed by atoms with E-state index in [1.165, 1.54) is 4.88 Å². The Hall–Kier alpha value is -2.34. The Morgan fingerprint density at radius 2 is 1.96 bits per heavy atom. The van der Waals surface area contributed by atoms with Crippen LogP contribution < -0.4 is 15.4 Å². The second-order valence-corrected chi connectivity index (χ2v) is 7.08. The van der Waals surface area contributed by atoms with Crippen LogP contribution in [0.4, 0.5) is 5.69 Å². The number of ether oxygens (including phenoxy) is 1. The van der Waals surface area contributed by atoms with Crippen LogP contribution in [-0.4, -0.2) is 13.0 Å². The van der Waals surface area contributed by atoms with Crippen molar-refractivity contribution in [2.45, 2.75) is 12.6 Å². The number of anilines is 1. The van der Waals surface area contributed by atoms with Gasteiger partial charge in [0.1, 0.15) is 11.8 Å². The van der Waals surface area contributed by atoms with Crippen molar-refractivity contribution in [3.05, 3.63) is 81.5 Å². The first-order chi connectivity index (χ1) is 12.7. The lowest BCUT2D eigenvalue weighted by Gasteiger charge is -2.19. The quantitative estimate of drug-likeness (QED) is 0.608. The maximum atomic E-state index is 12.9. The molecular formula is C20H19ClN2O2S. The fraction of sp³-hybridized carbons (Fsp3) is 0.150. The molecule has 1 amide bonds. The maximum absolute atomic E-state index is 12.9. The molecule has 0 fully saturated rings. The zero-order valence-electron chi connectivity index (χ0n) is 14.2. The number of carbonyl (C=O) groups is 1. The van der Waals surface area contributed by atoms with Gasteiger partial charge in [0.05, 0.1) is 12.1 Å². The van der Waals surface area contributed by atoms with Gasteiger partial charge in [0.25, 0.3) is 0 Å². The highest BCUT2D eigenvalue weighted by molar-refractivity contribution is 7.09. The van der Waals surface area contributed by atoms with Gasteiger partial charge < -0.3 is 10.1 Å². The van der Waals surface area contributed by atoms with Crippen molar-refractivity contribution in [1.29, 1.82) is 0 Å². The SMILES string of the molecule is COc1ccc(NC(=O)[C@H](NCc2cccs2)c2ccccc2)cc1Cl. The molecule has 0 unspecified atom stereocenters. The second kappa shape index (κ2) is 8.85. The molecule has 2 aromatic carbocycles. The van der Waals surface area contributed by atoms with Crippen molar-refractivity contribution in [1.82, 2.24) is 5.32 Å². The largest absolute Gasteiger partial charge is 0.495 e. The number of hydrogen-bond donors (Lipinski definition) is 2. The summed E-state index contributed by atoms with van der Waals surface area (Å²) in [5.74, 6) is 0.425. The van der Waals surface area contributed by atoms with Crippen LogP contribution in [-0.2, 0) is 11.3 Å². The van der Waals surface area contributed by atoms with Crippen molar-refractivity contribution in [3.8, 4) is 5.75 Å². The van der Waals surface area contributed by atoms with Crippen LogP contribution in [0.15, 0.2) is 66.0 Å². The molecule has 4 nitrogen and oxygen atoms in total. The lowest BCUT2D eigenvalue weighted by atomic mass is 10.1. The van der Waals surface area contributed by atoms with E-state index in [4.69, 9.17) is 16.3 Å². The van der Waals surface area contributed by atoms with Crippen molar-refractivity contribution < 1.29 is 9.53 Å². The van der Waals surface area contributed by atoms with Crippen molar-refractivity contribution >= 4 is 34.5 Å². The van der Waals surface area contributed by atoms with E-state index in [1.54, 1.807) is 36.6 Å². The smallest absolute Gasteiger partial charge is 0.246 e. The van der Waals surface area contributed by atoms with E-state index in [1.807, 2.05) is 47.8 Å². The molecule has 0 aliphatic rings. The summed E-state index contributed by atoms with van der Waals surface area (Å²) in [6.45, 7) is 0.619. The lowest BCUT2D eigenvalue weighted by Crippen LogP contribution is -2.32. The van der Waals surface area contributed by atoms with Crippen LogP contribution in [0.2, 0.25) is 5.02 Å². The van der Waals surface area contributed by atoms with E-state index < -0.39 is 6.04 Å². The third-order valence-corrected chi connectivity index (χ3v) is 5.05. The minimum Gasteiger partial charge on any atom is -0.495 e. The van der Waals surface area contributed by atoms with Gasteiger partial charge in [-0.1, -0.05) is 48.0 Å². The van der Waals surface area contributed by atoms with Crippen molar-refractivity contribution in [3.63, 3.8) is 0 Å². The number of methoxy groups -OCH3 is 1. The molecule has 134 valence electrons. The van der Waals surface area contributed by atoms with Gasteiger partial charge in [0, 0.05) is 17.1 Å². The zero-order chi connectivity index (χ0) is 18.4. The van der Waals surface area contributed by atoms with Gasteiger partial charge in [-0.25, -0.2) is 0 Å². The number of carbonyl (C=O) groups excluding carboxylic acids is 1. The molecule has 26 heavy (non-hydrogen) atoms. The molecule has 1 heterocycles. The standard InChI is InChI=1S/C20H19ClN2O2S/c1-25-18-10-9-15(12-17(18)21)23-20(24)19(14-6-3-2-4-7-14)22-13-16-8-5-11-26-16/h2-12,19,22H,13H2,1H3,(H,23,24)/t19-/m1/s1. The summed E-state index contributed by atoms with van der Waals surface area (Å²) in [5, 5.41) is 8.73. The monoisotopic (exact) mass is 386 g/mol. The molecule has 3 aromatic rings. The Balaban J connectivity index is 1.76. The maximum Gasteiger partial charge on any atom is 0.246 e. The fourth-order valence-electron chi connectivity index (χ4n) is 2.58. The van der Waals surface area contributed by atoms with Crippen molar-refractivity contribution in [2.24, 2.45) is 0 Å². The van der Waals surface area contributed by atoms with Gasteiger partial charge >= 0.3 is 0 Å². The molecular weight excluding hydrogens is 368 g/mol. The minimum absolute atomic E-state index is 0.144. The average Bonchev–Trinajstić information content (AvgIpc) is 3.16. The van der Waals surface area contributed by atoms with Crippen LogP contribution in [0.25, 0.3) is 0 Å². The molecule has 0 aliphatic heterocycles. The Kier molecular flexibility index (Phi) is 6.28. The van der Waals surface area contributed by atoms with Crippen LogP contribution in [0, 0.1) is 0 Å². The van der Waals surface area contributed by atoms with Crippen LogP contribution in [0.5, 0.6) is 5.75 Å². The van der Waals surface area contributed by atoms with Crippen LogP contribution >= 0.6 is 22.9 Å². The molecule has 1 atom stereocenters. The average molecular weight is 387 g/mol. The van der Waals surface area contributed by atoms with Crippen molar-refractivity contribution in [2.75, 3.05) is 12.4 Å². The third kappa shape index (κ3) is 4.64. The van der Waals surface area contributed by atoms with E-state index in [0.717, 1.165) is 5.56 Å². The molecule has 6 heteroatoms. The Morgan fingerprint density at radius 3 is 2.62 bits per heavy atom. The van der Waals surface area contributed by atoms with Crippen LogP contribution in [0.3, 0.4) is 0 Å². The molecule has 0 saturated carbocycles. The topological polar surface area (TPSA) is 50.4 Å². The summed E-state index contributed by atoms with van der Waals surface area (Å²) in [5.41, 5.74) is 1.53. The first kappa shape index (κ1) is 18.5. The number of halogens is 1. The van der Waals surface area contributed by atoms with Gasteiger partial charge in [0.2, 0.25) is 5.91 Å². The Labute approximate surface area is 161 Å². The normalized spacial score (nSPS) is 11.8. The second-order valence-electron chi connectivity index (χ2n) is 5.64. The number of thiophene rings is 1. The van der Waals surface area contributed by atoms with E-state index >= 15 is 0 Å². The first-order valence-corrected chi connectivity index (χ1v) is 9.38. The lowest BCUT2D eigenvalue weighted by molar-refractivity contribution is -0.118. The number of hydrogen-bond acceptors (Lipinski definition) is 4. The molecule has 0 saturated heterocycles. The number of rotatable bonds is 7. The highest BCUT2D eigenvalue weighted by Gasteiger charge is 2.20. The minimum atomic E-state index is -0.473. The van der Waals surface area contributed by atoms with E-state index in [9.17, 15) is 4.79 Å². The van der Waals surface area contributed by atoms with Gasteiger partial charge in [-0.05, 0) is 35.2 Å². The molecule has 0 bridgehead atoms.